The molecule has 2 bridgehead atoms. The number of aliphatic hydroxyl groups is 1. The molecule has 0 aliphatic heterocycles. The van der Waals surface area contributed by atoms with E-state index in [1.54, 1.807) is 6.92 Å². The summed E-state index contributed by atoms with van der Waals surface area (Å²) >= 11 is 0. The molecule has 0 amide bonds. The van der Waals surface area contributed by atoms with Crippen molar-refractivity contribution in [1.82, 2.24) is 0 Å². The summed E-state index contributed by atoms with van der Waals surface area (Å²) in [6.45, 7) is 8.37. The summed E-state index contributed by atoms with van der Waals surface area (Å²) in [5.74, 6) is -0.167. The zero-order valence-electron chi connectivity index (χ0n) is 14.3. The second-order valence-corrected chi connectivity index (χ2v) is 9.02. The molecule has 1 spiro atoms. The number of rotatable bonds is 1. The first-order chi connectivity index (χ1) is 10.7. The van der Waals surface area contributed by atoms with Crippen LogP contribution in [-0.4, -0.2) is 22.3 Å². The van der Waals surface area contributed by atoms with Gasteiger partial charge in [0, 0.05) is 0 Å². The Kier molecular flexibility index (Phi) is 3.02. The normalized spacial score (nSPS) is 51.7. The SMILES string of the molecule is C=C1C[C@@]23CC[C@@H]4[C@](C)(C(=O)O)[C@@H](O)CC[C@@]4(C)C2=CC[C@@H]1C3. The summed E-state index contributed by atoms with van der Waals surface area (Å²) in [6, 6.07) is 0. The van der Waals surface area contributed by atoms with Crippen LogP contribution in [0, 0.1) is 28.1 Å². The molecule has 3 heteroatoms. The van der Waals surface area contributed by atoms with Gasteiger partial charge in [0.1, 0.15) is 0 Å². The number of carbonyl (C=O) groups is 1. The molecular formula is C20H28O3. The Hall–Kier alpha value is -1.09. The number of aliphatic carboxylic acids is 1. The number of carboxylic acid groups (broad SMARTS) is 1. The van der Waals surface area contributed by atoms with Crippen LogP contribution < -0.4 is 0 Å². The predicted octanol–water partition coefficient (Wildman–Crippen LogP) is 3.93. The minimum Gasteiger partial charge on any atom is -0.481 e. The average Bonchev–Trinajstić information content (AvgIpc) is 2.73. The Morgan fingerprint density at radius 2 is 2.04 bits per heavy atom. The number of carboxylic acids is 1. The Bertz CT molecular complexity index is 620. The van der Waals surface area contributed by atoms with Crippen molar-refractivity contribution in [3.8, 4) is 0 Å². The van der Waals surface area contributed by atoms with Crippen LogP contribution in [0.4, 0.5) is 0 Å². The monoisotopic (exact) mass is 316 g/mol. The van der Waals surface area contributed by atoms with Gasteiger partial charge in [-0.15, -0.1) is 0 Å². The lowest BCUT2D eigenvalue weighted by Crippen LogP contribution is -2.59. The molecule has 126 valence electrons. The van der Waals surface area contributed by atoms with Crippen LogP contribution in [0.2, 0.25) is 0 Å². The van der Waals surface area contributed by atoms with Crippen LogP contribution in [0.25, 0.3) is 0 Å². The van der Waals surface area contributed by atoms with E-state index in [1.165, 1.54) is 17.6 Å². The number of aliphatic hydroxyl groups excluding tert-OH is 1. The van der Waals surface area contributed by atoms with Crippen LogP contribution in [0.1, 0.15) is 58.8 Å². The quantitative estimate of drug-likeness (QED) is 0.721. The van der Waals surface area contributed by atoms with E-state index in [-0.39, 0.29) is 16.7 Å². The first kappa shape index (κ1) is 15.4. The van der Waals surface area contributed by atoms with Gasteiger partial charge < -0.3 is 10.2 Å². The molecule has 3 fully saturated rings. The first-order valence-electron chi connectivity index (χ1n) is 9.04. The molecule has 3 nitrogen and oxygen atoms in total. The number of fused-ring (bicyclic) bond motifs is 3. The maximum atomic E-state index is 12.1. The largest absolute Gasteiger partial charge is 0.481 e. The van der Waals surface area contributed by atoms with Crippen molar-refractivity contribution in [2.45, 2.75) is 64.9 Å². The summed E-state index contributed by atoms with van der Waals surface area (Å²) in [4.78, 5) is 12.1. The molecule has 0 heterocycles. The molecule has 0 unspecified atom stereocenters. The molecule has 6 atom stereocenters. The third kappa shape index (κ3) is 1.72. The van der Waals surface area contributed by atoms with Crippen LogP contribution in [0.3, 0.4) is 0 Å². The van der Waals surface area contributed by atoms with Gasteiger partial charge in [0.05, 0.1) is 11.5 Å². The van der Waals surface area contributed by atoms with E-state index in [0.29, 0.717) is 12.3 Å². The standard InChI is InChI=1S/C20H28O3/c1-12-10-20-9-6-14-18(2,15(20)5-4-13(12)11-20)8-7-16(21)19(14,3)17(22)23/h5,13-14,16,21H,1,4,6-11H2,2-3H3,(H,22,23)/t13-,14+,16+,18-,19+,20-/m1/s1. The van der Waals surface area contributed by atoms with Crippen LogP contribution in [-0.2, 0) is 4.79 Å². The van der Waals surface area contributed by atoms with Gasteiger partial charge in [-0.25, -0.2) is 0 Å². The van der Waals surface area contributed by atoms with Crippen molar-refractivity contribution < 1.29 is 15.0 Å². The number of hydrogen-bond donors (Lipinski definition) is 2. The Morgan fingerprint density at radius 3 is 2.74 bits per heavy atom. The van der Waals surface area contributed by atoms with Gasteiger partial charge >= 0.3 is 5.97 Å². The second kappa shape index (κ2) is 4.50. The highest BCUT2D eigenvalue weighted by Gasteiger charge is 2.64. The fourth-order valence-corrected chi connectivity index (χ4v) is 6.82. The van der Waals surface area contributed by atoms with Gasteiger partial charge in [-0.3, -0.25) is 4.79 Å². The summed E-state index contributed by atoms with van der Waals surface area (Å²) in [5.41, 5.74) is 2.04. The third-order valence-electron chi connectivity index (χ3n) is 8.07. The molecule has 0 radical (unpaired) electrons. The molecule has 0 aromatic heterocycles. The van der Waals surface area contributed by atoms with Crippen molar-refractivity contribution in [3.63, 3.8) is 0 Å². The zero-order chi connectivity index (χ0) is 16.6. The van der Waals surface area contributed by atoms with Gasteiger partial charge in [-0.05, 0) is 74.5 Å². The molecule has 4 rings (SSSR count). The lowest BCUT2D eigenvalue weighted by atomic mass is 9.43. The molecular weight excluding hydrogens is 288 g/mol. The van der Waals surface area contributed by atoms with Crippen molar-refractivity contribution in [2.75, 3.05) is 0 Å². The smallest absolute Gasteiger partial charge is 0.312 e. The molecule has 0 saturated heterocycles. The maximum absolute atomic E-state index is 12.1. The third-order valence-corrected chi connectivity index (χ3v) is 8.07. The van der Waals surface area contributed by atoms with Crippen LogP contribution in [0.15, 0.2) is 23.8 Å². The molecule has 2 N–H and O–H groups in total. The van der Waals surface area contributed by atoms with Crippen molar-refractivity contribution in [2.24, 2.45) is 28.1 Å². The van der Waals surface area contributed by atoms with E-state index in [4.69, 9.17) is 0 Å². The van der Waals surface area contributed by atoms with E-state index < -0.39 is 17.5 Å². The highest BCUT2D eigenvalue weighted by atomic mass is 16.4. The summed E-state index contributed by atoms with van der Waals surface area (Å²) in [6.07, 6.45) is 8.55. The minimum absolute atomic E-state index is 0.0264. The van der Waals surface area contributed by atoms with E-state index in [0.717, 1.165) is 32.1 Å². The second-order valence-electron chi connectivity index (χ2n) is 9.02. The molecule has 0 aromatic carbocycles. The van der Waals surface area contributed by atoms with E-state index in [2.05, 4.69) is 19.6 Å². The van der Waals surface area contributed by atoms with E-state index in [1.807, 2.05) is 0 Å². The average molecular weight is 316 g/mol. The van der Waals surface area contributed by atoms with Crippen molar-refractivity contribution in [3.05, 3.63) is 23.8 Å². The van der Waals surface area contributed by atoms with Gasteiger partial charge in [-0.2, -0.15) is 0 Å². The molecule has 0 aromatic rings. The minimum atomic E-state index is -1.03. The van der Waals surface area contributed by atoms with E-state index >= 15 is 0 Å². The van der Waals surface area contributed by atoms with Crippen molar-refractivity contribution >= 4 is 5.97 Å². The fourth-order valence-electron chi connectivity index (χ4n) is 6.82. The molecule has 4 aliphatic rings. The Labute approximate surface area is 138 Å². The van der Waals surface area contributed by atoms with Gasteiger partial charge in [0.25, 0.3) is 0 Å². The highest BCUT2D eigenvalue weighted by Crippen LogP contribution is 2.70. The van der Waals surface area contributed by atoms with Crippen molar-refractivity contribution in [1.29, 1.82) is 0 Å². The van der Waals surface area contributed by atoms with E-state index in [9.17, 15) is 15.0 Å². The first-order valence-corrected chi connectivity index (χ1v) is 9.04. The maximum Gasteiger partial charge on any atom is 0.312 e. The van der Waals surface area contributed by atoms with Crippen LogP contribution >= 0.6 is 0 Å². The number of hydrogen-bond acceptors (Lipinski definition) is 2. The highest BCUT2D eigenvalue weighted by molar-refractivity contribution is 5.76. The van der Waals surface area contributed by atoms with Crippen LogP contribution in [0.5, 0.6) is 0 Å². The lowest BCUT2D eigenvalue weighted by molar-refractivity contribution is -0.178. The summed E-state index contributed by atoms with van der Waals surface area (Å²) < 4.78 is 0. The Balaban J connectivity index is 1.81. The predicted molar refractivity (Wildman–Crippen MR) is 88.8 cm³/mol. The molecule has 3 saturated carbocycles. The summed E-state index contributed by atoms with van der Waals surface area (Å²) in [7, 11) is 0. The summed E-state index contributed by atoms with van der Waals surface area (Å²) in [5, 5.41) is 20.4. The molecule has 23 heavy (non-hydrogen) atoms. The molecule has 4 aliphatic carbocycles. The lowest BCUT2D eigenvalue weighted by Gasteiger charge is -2.61. The van der Waals surface area contributed by atoms with Gasteiger partial charge in [0.15, 0.2) is 0 Å². The number of allylic oxidation sites excluding steroid dienone is 3. The Morgan fingerprint density at radius 1 is 1.30 bits per heavy atom. The fraction of sp³-hybridized carbons (Fsp3) is 0.750. The zero-order valence-corrected chi connectivity index (χ0v) is 14.3. The topological polar surface area (TPSA) is 57.5 Å². The van der Waals surface area contributed by atoms with Gasteiger partial charge in [0.2, 0.25) is 0 Å². The van der Waals surface area contributed by atoms with Gasteiger partial charge in [-0.1, -0.05) is 30.7 Å².